The van der Waals surface area contributed by atoms with Crippen molar-refractivity contribution >= 4 is 44.2 Å². The van der Waals surface area contributed by atoms with Crippen molar-refractivity contribution in [2.45, 2.75) is 17.7 Å². The number of aromatic nitrogens is 1. The van der Waals surface area contributed by atoms with Crippen LogP contribution < -0.4 is 10.2 Å². The number of anilines is 1. The Morgan fingerprint density at radius 3 is 2.52 bits per heavy atom. The van der Waals surface area contributed by atoms with Crippen LogP contribution >= 0.6 is 22.6 Å². The molecule has 1 saturated carbocycles. The smallest absolute Gasteiger partial charge is 0.275 e. The molecule has 0 unspecified atom stereocenters. The van der Waals surface area contributed by atoms with Gasteiger partial charge in [0, 0.05) is 15.3 Å². The van der Waals surface area contributed by atoms with E-state index in [-0.39, 0.29) is 29.0 Å². The van der Waals surface area contributed by atoms with Gasteiger partial charge >= 0.3 is 0 Å². The molecule has 7 nitrogen and oxygen atoms in total. The van der Waals surface area contributed by atoms with Crippen molar-refractivity contribution in [2.24, 2.45) is 5.92 Å². The van der Waals surface area contributed by atoms with Gasteiger partial charge in [0.15, 0.2) is 11.6 Å². The van der Waals surface area contributed by atoms with Crippen LogP contribution in [0.2, 0.25) is 0 Å². The van der Waals surface area contributed by atoms with Crippen LogP contribution in [0.25, 0.3) is 11.1 Å². The predicted octanol–water partition coefficient (Wildman–Crippen LogP) is 4.50. The van der Waals surface area contributed by atoms with Gasteiger partial charge in [-0.15, -0.1) is 0 Å². The molecule has 1 aromatic heterocycles. The number of carbonyl (C=O) groups excluding carboxylic acids is 1. The van der Waals surface area contributed by atoms with Gasteiger partial charge in [-0.2, -0.15) is 0 Å². The van der Waals surface area contributed by atoms with Gasteiger partial charge in [0.2, 0.25) is 0 Å². The van der Waals surface area contributed by atoms with Gasteiger partial charge in [-0.3, -0.25) is 19.3 Å². The quantitative estimate of drug-likeness (QED) is 0.300. The van der Waals surface area contributed by atoms with E-state index in [1.165, 1.54) is 36.7 Å². The summed E-state index contributed by atoms with van der Waals surface area (Å²) in [5.74, 6) is -3.61. The second kappa shape index (κ2) is 9.69. The van der Waals surface area contributed by atoms with Crippen molar-refractivity contribution in [2.75, 3.05) is 11.3 Å². The third-order valence-electron chi connectivity index (χ3n) is 4.93. The Morgan fingerprint density at radius 2 is 1.88 bits per heavy atom. The molecule has 2 N–H and O–H groups in total. The van der Waals surface area contributed by atoms with Crippen LogP contribution in [-0.2, 0) is 14.9 Å². The van der Waals surface area contributed by atoms with E-state index in [4.69, 9.17) is 4.84 Å². The van der Waals surface area contributed by atoms with Gasteiger partial charge < -0.3 is 0 Å². The van der Waals surface area contributed by atoms with Gasteiger partial charge in [0.1, 0.15) is 4.90 Å². The number of amides is 1. The molecular weight excluding hydrogens is 567 g/mol. The summed E-state index contributed by atoms with van der Waals surface area (Å²) >= 11 is 2.05. The molecule has 0 aliphatic heterocycles. The lowest BCUT2D eigenvalue weighted by atomic mass is 9.98. The molecule has 2 aromatic carbocycles. The summed E-state index contributed by atoms with van der Waals surface area (Å²) in [6.07, 6.45) is 4.61. The van der Waals surface area contributed by atoms with Crippen molar-refractivity contribution in [1.29, 1.82) is 0 Å². The zero-order chi connectivity index (χ0) is 23.6. The summed E-state index contributed by atoms with van der Waals surface area (Å²) < 4.78 is 59.0. The van der Waals surface area contributed by atoms with Crippen LogP contribution in [0.1, 0.15) is 23.2 Å². The molecule has 0 spiro atoms. The Hall–Kier alpha value is -2.64. The monoisotopic (exact) mass is 585 g/mol. The fourth-order valence-electron chi connectivity index (χ4n) is 3.07. The average molecular weight is 585 g/mol. The average Bonchev–Trinajstić information content (AvgIpc) is 3.61. The van der Waals surface area contributed by atoms with Crippen LogP contribution in [0, 0.1) is 21.1 Å². The number of pyridine rings is 1. The molecule has 1 fully saturated rings. The van der Waals surface area contributed by atoms with Crippen LogP contribution in [0.4, 0.5) is 14.5 Å². The molecule has 1 amide bonds. The highest BCUT2D eigenvalue weighted by molar-refractivity contribution is 14.1. The molecule has 0 radical (unpaired) electrons. The Labute approximate surface area is 202 Å². The summed E-state index contributed by atoms with van der Waals surface area (Å²) in [4.78, 5) is 20.8. The van der Waals surface area contributed by atoms with Crippen LogP contribution in [0.5, 0.6) is 0 Å². The maximum absolute atomic E-state index is 15.3. The number of sulfonamides is 1. The summed E-state index contributed by atoms with van der Waals surface area (Å²) in [5, 5.41) is 0. The highest BCUT2D eigenvalue weighted by Gasteiger charge is 2.30. The second-order valence-electron chi connectivity index (χ2n) is 7.46. The van der Waals surface area contributed by atoms with E-state index in [1.54, 1.807) is 12.1 Å². The number of hydrogen-bond donors (Lipinski definition) is 2. The van der Waals surface area contributed by atoms with E-state index >= 15 is 8.78 Å². The van der Waals surface area contributed by atoms with E-state index in [2.05, 4.69) is 37.8 Å². The number of rotatable bonds is 8. The minimum Gasteiger partial charge on any atom is -0.278 e. The third kappa shape index (κ3) is 5.47. The maximum atomic E-state index is 15.3. The van der Waals surface area contributed by atoms with E-state index in [9.17, 15) is 13.2 Å². The molecule has 3 aromatic rings. The molecule has 1 aliphatic rings. The van der Waals surface area contributed by atoms with Crippen molar-refractivity contribution in [3.63, 3.8) is 0 Å². The Morgan fingerprint density at radius 1 is 1.15 bits per heavy atom. The van der Waals surface area contributed by atoms with Crippen LogP contribution in [0.3, 0.4) is 0 Å². The molecule has 0 bridgehead atoms. The molecule has 4 rings (SSSR count). The first-order valence-corrected chi connectivity index (χ1v) is 12.5. The first-order chi connectivity index (χ1) is 15.8. The largest absolute Gasteiger partial charge is 0.278 e. The molecule has 33 heavy (non-hydrogen) atoms. The first kappa shape index (κ1) is 23.5. The predicted molar refractivity (Wildman–Crippen MR) is 126 cm³/mol. The van der Waals surface area contributed by atoms with E-state index in [0.29, 0.717) is 5.92 Å². The molecule has 172 valence electrons. The van der Waals surface area contributed by atoms with Gasteiger partial charge in [-0.05, 0) is 77.2 Å². The van der Waals surface area contributed by atoms with Gasteiger partial charge in [-0.1, -0.05) is 12.1 Å². The lowest BCUT2D eigenvalue weighted by molar-refractivity contribution is 0.0270. The second-order valence-corrected chi connectivity index (χ2v) is 10.4. The van der Waals surface area contributed by atoms with Crippen molar-refractivity contribution in [3.8, 4) is 11.1 Å². The minimum atomic E-state index is -4.58. The number of halogens is 3. The van der Waals surface area contributed by atoms with E-state index in [1.807, 2.05) is 0 Å². The van der Waals surface area contributed by atoms with Gasteiger partial charge in [-0.25, -0.2) is 22.7 Å². The topological polar surface area (TPSA) is 97.4 Å². The summed E-state index contributed by atoms with van der Waals surface area (Å²) in [6, 6.07) is 10.0. The summed E-state index contributed by atoms with van der Waals surface area (Å²) in [5.41, 5.74) is 1.74. The summed E-state index contributed by atoms with van der Waals surface area (Å²) in [7, 11) is -4.58. The fraction of sp³-hybridized carbons (Fsp3) is 0.182. The van der Waals surface area contributed by atoms with E-state index < -0.39 is 32.5 Å². The zero-order valence-electron chi connectivity index (χ0n) is 17.0. The normalized spacial score (nSPS) is 13.5. The fourth-order valence-corrected chi connectivity index (χ4v) is 4.57. The highest BCUT2D eigenvalue weighted by atomic mass is 127. The third-order valence-corrected chi connectivity index (χ3v) is 7.03. The van der Waals surface area contributed by atoms with Gasteiger partial charge in [0.25, 0.3) is 15.9 Å². The van der Waals surface area contributed by atoms with Crippen LogP contribution in [-0.4, -0.2) is 25.9 Å². The number of hydroxylamine groups is 1. The SMILES string of the molecule is O=C(NOCC1CC1)c1cc(S(=O)(=O)Nc2cccnc2)c(F)c(F)c1-c1ccc(I)cc1. The van der Waals surface area contributed by atoms with Crippen molar-refractivity contribution < 1.29 is 26.8 Å². The van der Waals surface area contributed by atoms with Gasteiger partial charge in [0.05, 0.1) is 24.1 Å². The standard InChI is InChI=1S/C22H18F2IN3O4S/c23-20-18(33(30,31)28-16-2-1-9-26-11-16)10-17(22(29)27-32-12-13-3-4-13)19(21(20)24)14-5-7-15(25)8-6-14/h1-2,5-11,13,28H,3-4,12H2,(H,27,29). The Kier molecular flexibility index (Phi) is 6.91. The lowest BCUT2D eigenvalue weighted by Crippen LogP contribution is -2.27. The molecule has 1 heterocycles. The molecule has 11 heteroatoms. The van der Waals surface area contributed by atoms with Crippen LogP contribution in [0.15, 0.2) is 59.8 Å². The summed E-state index contributed by atoms with van der Waals surface area (Å²) in [6.45, 7) is 0.280. The Bertz CT molecular complexity index is 1290. The zero-order valence-corrected chi connectivity index (χ0v) is 20.0. The van der Waals surface area contributed by atoms with Crippen molar-refractivity contribution in [3.05, 3.63) is 75.6 Å². The number of nitrogens with one attached hydrogen (secondary N) is 2. The molecule has 1 aliphatic carbocycles. The number of nitrogens with zero attached hydrogens (tertiary/aromatic N) is 1. The van der Waals surface area contributed by atoms with Crippen molar-refractivity contribution in [1.82, 2.24) is 10.5 Å². The number of carbonyl (C=O) groups is 1. The molecule has 0 atom stereocenters. The minimum absolute atomic E-state index is 0.0535. The number of hydrogen-bond acceptors (Lipinski definition) is 5. The lowest BCUT2D eigenvalue weighted by Gasteiger charge is -2.16. The highest BCUT2D eigenvalue weighted by Crippen LogP contribution is 2.34. The van der Waals surface area contributed by atoms with E-state index in [0.717, 1.165) is 22.5 Å². The number of benzene rings is 2. The first-order valence-electron chi connectivity index (χ1n) is 9.89. The maximum Gasteiger partial charge on any atom is 0.275 e. The molecular formula is C22H18F2IN3O4S. The Balaban J connectivity index is 1.78. The molecule has 0 saturated heterocycles.